The monoisotopic (exact) mass is 294 g/mol. The number of methoxy groups -OCH3 is 1. The summed E-state index contributed by atoms with van der Waals surface area (Å²) in [6.07, 6.45) is 2.10. The summed E-state index contributed by atoms with van der Waals surface area (Å²) in [5.41, 5.74) is 0.911. The van der Waals surface area contributed by atoms with Crippen LogP contribution in [0.1, 0.15) is 25.5 Å². The zero-order valence-electron chi connectivity index (χ0n) is 13.2. The molecule has 118 valence electrons. The molecule has 0 saturated carbocycles. The Bertz CT molecular complexity index is 424. The third-order valence-corrected chi connectivity index (χ3v) is 2.86. The third-order valence-electron chi connectivity index (χ3n) is 2.86. The highest BCUT2D eigenvalue weighted by molar-refractivity contribution is 5.79. The fourth-order valence-corrected chi connectivity index (χ4v) is 1.74. The van der Waals surface area contributed by atoms with Crippen LogP contribution in [0.2, 0.25) is 0 Å². The predicted molar refractivity (Wildman–Crippen MR) is 84.7 cm³/mol. The molecule has 0 atom stereocenters. The summed E-state index contributed by atoms with van der Waals surface area (Å²) in [6, 6.07) is 5.70. The molecular weight excluding hydrogens is 268 g/mol. The molecule has 0 unspecified atom stereocenters. The van der Waals surface area contributed by atoms with Crippen molar-refractivity contribution in [2.45, 2.75) is 26.3 Å². The number of nitrogens with zero attached hydrogens (tertiary/aromatic N) is 2. The first-order valence-electron chi connectivity index (χ1n) is 7.32. The molecule has 0 fully saturated rings. The van der Waals surface area contributed by atoms with Crippen molar-refractivity contribution >= 4 is 5.96 Å². The molecular formula is C15H26N4O2. The van der Waals surface area contributed by atoms with Crippen molar-refractivity contribution < 1.29 is 9.47 Å². The summed E-state index contributed by atoms with van der Waals surface area (Å²) < 4.78 is 10.4. The van der Waals surface area contributed by atoms with Gasteiger partial charge in [-0.25, -0.2) is 4.98 Å². The van der Waals surface area contributed by atoms with Gasteiger partial charge >= 0.3 is 0 Å². The maximum atomic E-state index is 5.30. The minimum atomic E-state index is 0.607. The van der Waals surface area contributed by atoms with Crippen molar-refractivity contribution in [3.05, 3.63) is 23.9 Å². The molecule has 0 aromatic carbocycles. The third kappa shape index (κ3) is 7.51. The molecule has 1 rings (SSSR count). The van der Waals surface area contributed by atoms with E-state index in [1.165, 1.54) is 0 Å². The summed E-state index contributed by atoms with van der Waals surface area (Å²) in [5, 5.41) is 6.50. The summed E-state index contributed by atoms with van der Waals surface area (Å²) in [6.45, 7) is 5.09. The van der Waals surface area contributed by atoms with Crippen LogP contribution in [-0.4, -0.2) is 44.9 Å². The van der Waals surface area contributed by atoms with Crippen molar-refractivity contribution in [2.24, 2.45) is 4.99 Å². The second kappa shape index (κ2) is 10.9. The van der Waals surface area contributed by atoms with Crippen LogP contribution in [0.25, 0.3) is 0 Å². The number of guanidine groups is 1. The van der Waals surface area contributed by atoms with Gasteiger partial charge in [0, 0.05) is 32.9 Å². The molecule has 0 bridgehead atoms. The van der Waals surface area contributed by atoms with E-state index in [-0.39, 0.29) is 0 Å². The highest BCUT2D eigenvalue weighted by Gasteiger charge is 2.00. The number of nitrogens with one attached hydrogen (secondary N) is 2. The highest BCUT2D eigenvalue weighted by Crippen LogP contribution is 2.05. The quantitative estimate of drug-likeness (QED) is 0.411. The maximum Gasteiger partial charge on any atom is 0.213 e. The van der Waals surface area contributed by atoms with Gasteiger partial charge in [0.2, 0.25) is 5.88 Å². The van der Waals surface area contributed by atoms with Crippen molar-refractivity contribution in [1.82, 2.24) is 15.6 Å². The van der Waals surface area contributed by atoms with Gasteiger partial charge in [-0.2, -0.15) is 0 Å². The molecule has 0 spiro atoms. The van der Waals surface area contributed by atoms with E-state index in [9.17, 15) is 0 Å². The minimum Gasteiger partial charge on any atom is -0.481 e. The number of aromatic nitrogens is 1. The van der Waals surface area contributed by atoms with Crippen LogP contribution in [0, 0.1) is 0 Å². The summed E-state index contributed by atoms with van der Waals surface area (Å²) >= 11 is 0. The van der Waals surface area contributed by atoms with Gasteiger partial charge < -0.3 is 20.1 Å². The van der Waals surface area contributed by atoms with Crippen molar-refractivity contribution in [2.75, 3.05) is 33.9 Å². The lowest BCUT2D eigenvalue weighted by Gasteiger charge is -2.12. The topological polar surface area (TPSA) is 67.8 Å². The Morgan fingerprint density at radius 3 is 2.86 bits per heavy atom. The standard InChI is InChI=1S/C15H26N4O2/c1-4-21-11-6-5-10-17-15(16-2)18-12-13-8-7-9-14(19-13)20-3/h7-9H,4-6,10-12H2,1-3H3,(H2,16,17,18). The smallest absolute Gasteiger partial charge is 0.213 e. The number of pyridine rings is 1. The molecule has 1 aromatic rings. The Morgan fingerprint density at radius 1 is 1.29 bits per heavy atom. The van der Waals surface area contributed by atoms with E-state index < -0.39 is 0 Å². The van der Waals surface area contributed by atoms with E-state index in [2.05, 4.69) is 20.6 Å². The van der Waals surface area contributed by atoms with Gasteiger partial charge in [-0.3, -0.25) is 4.99 Å². The molecule has 21 heavy (non-hydrogen) atoms. The number of unbranched alkanes of at least 4 members (excludes halogenated alkanes) is 1. The van der Waals surface area contributed by atoms with Crippen LogP contribution in [-0.2, 0) is 11.3 Å². The van der Waals surface area contributed by atoms with E-state index >= 15 is 0 Å². The highest BCUT2D eigenvalue weighted by atomic mass is 16.5. The largest absolute Gasteiger partial charge is 0.481 e. The molecule has 0 aliphatic rings. The number of aliphatic imine (C=N–C) groups is 1. The van der Waals surface area contributed by atoms with Gasteiger partial charge in [-0.05, 0) is 25.8 Å². The SMILES string of the molecule is CCOCCCCNC(=NC)NCc1cccc(OC)n1. The number of ether oxygens (including phenoxy) is 2. The second-order valence-corrected chi connectivity index (χ2v) is 4.43. The average molecular weight is 294 g/mol. The Morgan fingerprint density at radius 2 is 2.14 bits per heavy atom. The number of hydrogen-bond acceptors (Lipinski definition) is 4. The van der Waals surface area contributed by atoms with Crippen LogP contribution < -0.4 is 15.4 Å². The van der Waals surface area contributed by atoms with Crippen molar-refractivity contribution in [3.63, 3.8) is 0 Å². The lowest BCUT2D eigenvalue weighted by atomic mass is 10.3. The van der Waals surface area contributed by atoms with Gasteiger partial charge in [0.25, 0.3) is 0 Å². The molecule has 0 amide bonds. The Balaban J connectivity index is 2.24. The first-order valence-corrected chi connectivity index (χ1v) is 7.32. The predicted octanol–water partition coefficient (Wildman–Crippen LogP) is 1.57. The first-order chi connectivity index (χ1) is 10.3. The average Bonchev–Trinajstić information content (AvgIpc) is 2.53. The van der Waals surface area contributed by atoms with Crippen LogP contribution in [0.15, 0.2) is 23.2 Å². The molecule has 6 heteroatoms. The molecule has 6 nitrogen and oxygen atoms in total. The van der Waals surface area contributed by atoms with Crippen LogP contribution >= 0.6 is 0 Å². The second-order valence-electron chi connectivity index (χ2n) is 4.43. The molecule has 0 aliphatic carbocycles. The lowest BCUT2D eigenvalue weighted by molar-refractivity contribution is 0.143. The molecule has 1 heterocycles. The first kappa shape index (κ1) is 17.2. The molecule has 0 aliphatic heterocycles. The normalized spacial score (nSPS) is 11.3. The van der Waals surface area contributed by atoms with Crippen molar-refractivity contribution in [3.8, 4) is 5.88 Å². The van der Waals surface area contributed by atoms with E-state index in [0.29, 0.717) is 12.4 Å². The Hall–Kier alpha value is -1.82. The maximum absolute atomic E-state index is 5.30. The summed E-state index contributed by atoms with van der Waals surface area (Å²) in [4.78, 5) is 8.53. The lowest BCUT2D eigenvalue weighted by Crippen LogP contribution is -2.37. The fraction of sp³-hybridized carbons (Fsp3) is 0.600. The minimum absolute atomic E-state index is 0.607. The van der Waals surface area contributed by atoms with Gasteiger partial charge in [-0.15, -0.1) is 0 Å². The van der Waals surface area contributed by atoms with Gasteiger partial charge in [0.05, 0.1) is 19.3 Å². The molecule has 0 radical (unpaired) electrons. The molecule has 1 aromatic heterocycles. The van der Waals surface area contributed by atoms with Gasteiger partial charge in [0.15, 0.2) is 5.96 Å². The molecule has 2 N–H and O–H groups in total. The number of rotatable bonds is 9. The summed E-state index contributed by atoms with van der Waals surface area (Å²) in [7, 11) is 3.37. The van der Waals surface area contributed by atoms with Crippen molar-refractivity contribution in [1.29, 1.82) is 0 Å². The zero-order chi connectivity index (χ0) is 15.3. The van der Waals surface area contributed by atoms with E-state index in [1.54, 1.807) is 14.2 Å². The zero-order valence-corrected chi connectivity index (χ0v) is 13.2. The Labute approximate surface area is 127 Å². The van der Waals surface area contributed by atoms with E-state index in [0.717, 1.165) is 44.3 Å². The van der Waals surface area contributed by atoms with Crippen LogP contribution in [0.4, 0.5) is 0 Å². The van der Waals surface area contributed by atoms with Gasteiger partial charge in [-0.1, -0.05) is 6.07 Å². The Kier molecular flexibility index (Phi) is 8.95. The van der Waals surface area contributed by atoms with E-state index in [4.69, 9.17) is 9.47 Å². The van der Waals surface area contributed by atoms with Crippen LogP contribution in [0.3, 0.4) is 0 Å². The summed E-state index contributed by atoms with van der Waals surface area (Å²) in [5.74, 6) is 1.39. The van der Waals surface area contributed by atoms with Gasteiger partial charge in [0.1, 0.15) is 0 Å². The number of hydrogen-bond donors (Lipinski definition) is 2. The van der Waals surface area contributed by atoms with E-state index in [1.807, 2.05) is 25.1 Å². The van der Waals surface area contributed by atoms with Crippen LogP contribution in [0.5, 0.6) is 5.88 Å². The molecule has 0 saturated heterocycles. The fourth-order valence-electron chi connectivity index (χ4n) is 1.74.